The second-order valence-electron chi connectivity index (χ2n) is 6.16. The van der Waals surface area contributed by atoms with Gasteiger partial charge >= 0.3 is 0 Å². The predicted octanol–water partition coefficient (Wildman–Crippen LogP) is 3.76. The van der Waals surface area contributed by atoms with Gasteiger partial charge in [0.05, 0.1) is 5.69 Å². The maximum atomic E-state index is 6.47. The van der Waals surface area contributed by atoms with E-state index in [9.17, 15) is 0 Å². The van der Waals surface area contributed by atoms with E-state index in [1.807, 2.05) is 31.0 Å². The van der Waals surface area contributed by atoms with Crippen LogP contribution in [0, 0.1) is 0 Å². The van der Waals surface area contributed by atoms with Crippen molar-refractivity contribution in [1.82, 2.24) is 15.1 Å². The SMILES string of the molecule is CNCc1ccc(-c2cn(C)nc2C(C)(C)C)c(Cl)c1. The first-order valence-electron chi connectivity index (χ1n) is 6.80. The summed E-state index contributed by atoms with van der Waals surface area (Å²) in [4.78, 5) is 0. The Morgan fingerprint density at radius 1 is 1.25 bits per heavy atom. The third kappa shape index (κ3) is 3.05. The number of halogens is 1. The number of benzene rings is 1. The summed E-state index contributed by atoms with van der Waals surface area (Å²) in [7, 11) is 3.88. The first kappa shape index (κ1) is 15.1. The van der Waals surface area contributed by atoms with Crippen LogP contribution in [-0.4, -0.2) is 16.8 Å². The molecule has 4 heteroatoms. The summed E-state index contributed by atoms with van der Waals surface area (Å²) >= 11 is 6.47. The van der Waals surface area contributed by atoms with Gasteiger partial charge in [0.1, 0.15) is 0 Å². The average molecular weight is 292 g/mol. The van der Waals surface area contributed by atoms with Gasteiger partial charge in [-0.2, -0.15) is 5.10 Å². The monoisotopic (exact) mass is 291 g/mol. The maximum Gasteiger partial charge on any atom is 0.0756 e. The van der Waals surface area contributed by atoms with Crippen LogP contribution in [0.5, 0.6) is 0 Å². The highest BCUT2D eigenvalue weighted by Gasteiger charge is 2.23. The fourth-order valence-corrected chi connectivity index (χ4v) is 2.64. The first-order chi connectivity index (χ1) is 9.32. The zero-order valence-corrected chi connectivity index (χ0v) is 13.5. The van der Waals surface area contributed by atoms with Crippen molar-refractivity contribution in [3.05, 3.63) is 40.7 Å². The fourth-order valence-electron chi connectivity index (χ4n) is 2.33. The molecule has 2 rings (SSSR count). The van der Waals surface area contributed by atoms with E-state index in [-0.39, 0.29) is 5.41 Å². The van der Waals surface area contributed by atoms with Crippen LogP contribution in [0.1, 0.15) is 32.0 Å². The highest BCUT2D eigenvalue weighted by Crippen LogP contribution is 2.35. The van der Waals surface area contributed by atoms with Gasteiger partial charge in [0.25, 0.3) is 0 Å². The van der Waals surface area contributed by atoms with E-state index in [1.165, 1.54) is 5.56 Å². The molecule has 0 fully saturated rings. The minimum absolute atomic E-state index is 0.0103. The lowest BCUT2D eigenvalue weighted by molar-refractivity contribution is 0.554. The van der Waals surface area contributed by atoms with E-state index in [4.69, 9.17) is 11.6 Å². The summed E-state index contributed by atoms with van der Waals surface area (Å²) in [5, 5.41) is 8.51. The van der Waals surface area contributed by atoms with Crippen molar-refractivity contribution in [1.29, 1.82) is 0 Å². The molecule has 3 nitrogen and oxygen atoms in total. The van der Waals surface area contributed by atoms with Crippen molar-refractivity contribution in [3.63, 3.8) is 0 Å². The van der Waals surface area contributed by atoms with Crippen LogP contribution < -0.4 is 5.32 Å². The Labute approximate surface area is 126 Å². The van der Waals surface area contributed by atoms with Crippen LogP contribution in [0.15, 0.2) is 24.4 Å². The summed E-state index contributed by atoms with van der Waals surface area (Å²) in [6.45, 7) is 7.32. The van der Waals surface area contributed by atoms with E-state index in [2.05, 4.69) is 43.3 Å². The Kier molecular flexibility index (Phi) is 4.21. The summed E-state index contributed by atoms with van der Waals surface area (Å²) in [5.74, 6) is 0. The lowest BCUT2D eigenvalue weighted by Crippen LogP contribution is -2.13. The molecule has 1 aromatic heterocycles. The second-order valence-corrected chi connectivity index (χ2v) is 6.57. The van der Waals surface area contributed by atoms with Gasteiger partial charge in [0.15, 0.2) is 0 Å². The largest absolute Gasteiger partial charge is 0.316 e. The molecule has 0 aliphatic rings. The van der Waals surface area contributed by atoms with Gasteiger partial charge < -0.3 is 5.32 Å². The van der Waals surface area contributed by atoms with Crippen molar-refractivity contribution < 1.29 is 0 Å². The van der Waals surface area contributed by atoms with E-state index in [1.54, 1.807) is 0 Å². The standard InChI is InChI=1S/C16H22ClN3/c1-16(2,3)15-13(10-20(5)19-15)12-7-6-11(9-18-4)8-14(12)17/h6-8,10,18H,9H2,1-5H3. The molecule has 0 saturated heterocycles. The Balaban J connectivity index is 2.52. The molecule has 1 aromatic carbocycles. The average Bonchev–Trinajstić information content (AvgIpc) is 2.71. The summed E-state index contributed by atoms with van der Waals surface area (Å²) in [6, 6.07) is 6.21. The number of nitrogens with zero attached hydrogens (tertiary/aromatic N) is 2. The third-order valence-electron chi connectivity index (χ3n) is 3.24. The number of rotatable bonds is 3. The van der Waals surface area contributed by atoms with Crippen LogP contribution in [-0.2, 0) is 19.0 Å². The maximum absolute atomic E-state index is 6.47. The number of aryl methyl sites for hydroxylation is 1. The smallest absolute Gasteiger partial charge is 0.0756 e. The first-order valence-corrected chi connectivity index (χ1v) is 7.18. The van der Waals surface area contributed by atoms with E-state index >= 15 is 0 Å². The van der Waals surface area contributed by atoms with Crippen LogP contribution in [0.2, 0.25) is 5.02 Å². The van der Waals surface area contributed by atoms with Crippen LogP contribution in [0.25, 0.3) is 11.1 Å². The van der Waals surface area contributed by atoms with Gasteiger partial charge in [0, 0.05) is 41.4 Å². The quantitative estimate of drug-likeness (QED) is 0.933. The number of aromatic nitrogens is 2. The van der Waals surface area contributed by atoms with E-state index in [0.717, 1.165) is 28.4 Å². The van der Waals surface area contributed by atoms with Crippen molar-refractivity contribution >= 4 is 11.6 Å². The fraction of sp³-hybridized carbons (Fsp3) is 0.438. The van der Waals surface area contributed by atoms with Gasteiger partial charge in [-0.3, -0.25) is 4.68 Å². The van der Waals surface area contributed by atoms with Crippen molar-refractivity contribution in [2.45, 2.75) is 32.7 Å². The molecule has 0 amide bonds. The molecule has 0 atom stereocenters. The molecular formula is C16H22ClN3. The van der Waals surface area contributed by atoms with Crippen LogP contribution >= 0.6 is 11.6 Å². The molecule has 1 N–H and O–H groups in total. The second kappa shape index (κ2) is 5.58. The molecule has 0 unspecified atom stereocenters. The predicted molar refractivity (Wildman–Crippen MR) is 85.1 cm³/mol. The molecule has 0 saturated carbocycles. The molecule has 0 radical (unpaired) electrons. The van der Waals surface area contributed by atoms with Gasteiger partial charge in [-0.15, -0.1) is 0 Å². The van der Waals surface area contributed by atoms with Gasteiger partial charge in [0.2, 0.25) is 0 Å². The summed E-state index contributed by atoms with van der Waals surface area (Å²) in [5.41, 5.74) is 4.40. The van der Waals surface area contributed by atoms with Crippen LogP contribution in [0.3, 0.4) is 0 Å². The van der Waals surface area contributed by atoms with Crippen LogP contribution in [0.4, 0.5) is 0 Å². The molecule has 0 spiro atoms. The molecule has 2 aromatic rings. The Bertz CT molecular complexity index is 609. The number of nitrogens with one attached hydrogen (secondary N) is 1. The number of hydrogen-bond donors (Lipinski definition) is 1. The minimum Gasteiger partial charge on any atom is -0.316 e. The molecule has 0 aliphatic carbocycles. The molecule has 108 valence electrons. The molecule has 0 aliphatic heterocycles. The lowest BCUT2D eigenvalue weighted by atomic mass is 9.87. The number of hydrogen-bond acceptors (Lipinski definition) is 2. The highest BCUT2D eigenvalue weighted by atomic mass is 35.5. The van der Waals surface area contributed by atoms with Crippen molar-refractivity contribution in [3.8, 4) is 11.1 Å². The normalized spacial score (nSPS) is 11.9. The summed E-state index contributed by atoms with van der Waals surface area (Å²) < 4.78 is 1.85. The zero-order valence-electron chi connectivity index (χ0n) is 12.8. The molecule has 20 heavy (non-hydrogen) atoms. The highest BCUT2D eigenvalue weighted by molar-refractivity contribution is 6.33. The van der Waals surface area contributed by atoms with Gasteiger partial charge in [-0.05, 0) is 18.7 Å². The zero-order chi connectivity index (χ0) is 14.9. The lowest BCUT2D eigenvalue weighted by Gasteiger charge is -2.18. The van der Waals surface area contributed by atoms with Crippen molar-refractivity contribution in [2.75, 3.05) is 7.05 Å². The third-order valence-corrected chi connectivity index (χ3v) is 3.56. The molecule has 1 heterocycles. The molecular weight excluding hydrogens is 270 g/mol. The summed E-state index contributed by atoms with van der Waals surface area (Å²) in [6.07, 6.45) is 2.04. The molecule has 0 bridgehead atoms. The Morgan fingerprint density at radius 3 is 2.50 bits per heavy atom. The Morgan fingerprint density at radius 2 is 1.95 bits per heavy atom. The topological polar surface area (TPSA) is 29.9 Å². The van der Waals surface area contributed by atoms with Gasteiger partial charge in [-0.1, -0.05) is 44.5 Å². The van der Waals surface area contributed by atoms with Gasteiger partial charge in [-0.25, -0.2) is 0 Å². The minimum atomic E-state index is -0.0103. The Hall–Kier alpha value is -1.32. The van der Waals surface area contributed by atoms with E-state index < -0.39 is 0 Å². The van der Waals surface area contributed by atoms with Crippen molar-refractivity contribution in [2.24, 2.45) is 7.05 Å². The van der Waals surface area contributed by atoms with E-state index in [0.29, 0.717) is 0 Å².